The number of aliphatic hydroxyl groups is 1. The zero-order valence-corrected chi connectivity index (χ0v) is 11.8. The van der Waals surface area contributed by atoms with Crippen molar-refractivity contribution in [1.29, 1.82) is 0 Å². The van der Waals surface area contributed by atoms with E-state index in [1.165, 1.54) is 11.8 Å². The van der Waals surface area contributed by atoms with E-state index in [0.717, 1.165) is 5.56 Å². The maximum Gasteiger partial charge on any atom is 0.251 e. The van der Waals surface area contributed by atoms with Crippen LogP contribution >= 0.6 is 11.8 Å². The van der Waals surface area contributed by atoms with E-state index in [1.807, 2.05) is 13.2 Å². The standard InChI is InChI=1S/C13H20N2O2S/c1-9-4-10(6-11(14)5-9)12(16)15-7-13(2,17)8-18-3/h4-6,17H,7-8,14H2,1-3H3,(H,15,16). The van der Waals surface area contributed by atoms with Crippen LogP contribution in [0.4, 0.5) is 5.69 Å². The summed E-state index contributed by atoms with van der Waals surface area (Å²) in [7, 11) is 0. The summed E-state index contributed by atoms with van der Waals surface area (Å²) in [4.78, 5) is 11.9. The smallest absolute Gasteiger partial charge is 0.251 e. The van der Waals surface area contributed by atoms with Crippen LogP contribution in [-0.4, -0.2) is 35.2 Å². The molecule has 18 heavy (non-hydrogen) atoms. The minimum Gasteiger partial charge on any atom is -0.399 e. The maximum absolute atomic E-state index is 11.9. The molecule has 5 heteroatoms. The van der Waals surface area contributed by atoms with E-state index in [2.05, 4.69) is 5.32 Å². The van der Waals surface area contributed by atoms with E-state index in [-0.39, 0.29) is 12.5 Å². The number of nitrogens with one attached hydrogen (secondary N) is 1. The third-order valence-electron chi connectivity index (χ3n) is 2.45. The van der Waals surface area contributed by atoms with Crippen LogP contribution in [0.3, 0.4) is 0 Å². The number of hydrogen-bond acceptors (Lipinski definition) is 4. The fraction of sp³-hybridized carbons (Fsp3) is 0.462. The molecule has 1 unspecified atom stereocenters. The summed E-state index contributed by atoms with van der Waals surface area (Å²) in [5.74, 6) is 0.357. The van der Waals surface area contributed by atoms with Gasteiger partial charge in [0.15, 0.2) is 0 Å². The lowest BCUT2D eigenvalue weighted by molar-refractivity contribution is 0.0725. The van der Waals surface area contributed by atoms with Gasteiger partial charge in [0, 0.05) is 23.5 Å². The molecule has 0 radical (unpaired) electrons. The zero-order chi connectivity index (χ0) is 13.8. The highest BCUT2D eigenvalue weighted by molar-refractivity contribution is 7.98. The van der Waals surface area contributed by atoms with Gasteiger partial charge in [-0.1, -0.05) is 0 Å². The molecular formula is C13H20N2O2S. The van der Waals surface area contributed by atoms with Crippen LogP contribution in [0, 0.1) is 6.92 Å². The van der Waals surface area contributed by atoms with Crippen molar-refractivity contribution < 1.29 is 9.90 Å². The first-order valence-corrected chi connectivity index (χ1v) is 7.10. The Morgan fingerprint density at radius 3 is 2.72 bits per heavy atom. The second kappa shape index (κ2) is 6.11. The van der Waals surface area contributed by atoms with Crippen LogP contribution in [0.2, 0.25) is 0 Å². The molecule has 4 nitrogen and oxygen atoms in total. The molecule has 0 saturated heterocycles. The quantitative estimate of drug-likeness (QED) is 0.706. The van der Waals surface area contributed by atoms with Crippen LogP contribution in [0.1, 0.15) is 22.8 Å². The molecule has 0 aromatic heterocycles. The van der Waals surface area contributed by atoms with Crippen molar-refractivity contribution in [2.75, 3.05) is 24.3 Å². The summed E-state index contributed by atoms with van der Waals surface area (Å²) in [5, 5.41) is 12.7. The third-order valence-corrected chi connectivity index (χ3v) is 3.36. The first-order chi connectivity index (χ1) is 8.34. The van der Waals surface area contributed by atoms with Crippen molar-refractivity contribution in [3.63, 3.8) is 0 Å². The third kappa shape index (κ3) is 4.58. The molecule has 1 rings (SSSR count). The van der Waals surface area contributed by atoms with Gasteiger partial charge >= 0.3 is 0 Å². The lowest BCUT2D eigenvalue weighted by Gasteiger charge is -2.22. The summed E-state index contributed by atoms with van der Waals surface area (Å²) < 4.78 is 0. The number of benzene rings is 1. The molecule has 0 aliphatic carbocycles. The van der Waals surface area contributed by atoms with E-state index >= 15 is 0 Å². The Labute approximate surface area is 112 Å². The van der Waals surface area contributed by atoms with Gasteiger partial charge in [0.2, 0.25) is 0 Å². The zero-order valence-electron chi connectivity index (χ0n) is 11.0. The van der Waals surface area contributed by atoms with Gasteiger partial charge in [-0.15, -0.1) is 0 Å². The van der Waals surface area contributed by atoms with E-state index in [4.69, 9.17) is 5.73 Å². The number of carbonyl (C=O) groups excluding carboxylic acids is 1. The van der Waals surface area contributed by atoms with Crippen LogP contribution < -0.4 is 11.1 Å². The average molecular weight is 268 g/mol. The maximum atomic E-state index is 11.9. The van der Waals surface area contributed by atoms with Gasteiger partial charge in [-0.2, -0.15) is 11.8 Å². The normalized spacial score (nSPS) is 14.0. The molecule has 1 atom stereocenters. The number of aryl methyl sites for hydroxylation is 1. The lowest BCUT2D eigenvalue weighted by Crippen LogP contribution is -2.42. The Morgan fingerprint density at radius 2 is 2.17 bits per heavy atom. The van der Waals surface area contributed by atoms with Gasteiger partial charge in [0.1, 0.15) is 0 Å². The van der Waals surface area contributed by atoms with Gasteiger partial charge in [-0.3, -0.25) is 4.79 Å². The first-order valence-electron chi connectivity index (χ1n) is 5.71. The number of nitrogens with two attached hydrogens (primary N) is 1. The van der Waals surface area contributed by atoms with E-state index in [9.17, 15) is 9.90 Å². The topological polar surface area (TPSA) is 75.3 Å². The highest BCUT2D eigenvalue weighted by Gasteiger charge is 2.20. The highest BCUT2D eigenvalue weighted by Crippen LogP contribution is 2.12. The van der Waals surface area contributed by atoms with Gasteiger partial charge < -0.3 is 16.2 Å². The van der Waals surface area contributed by atoms with Crippen LogP contribution in [0.5, 0.6) is 0 Å². The second-order valence-electron chi connectivity index (χ2n) is 4.75. The lowest BCUT2D eigenvalue weighted by atomic mass is 10.1. The molecule has 0 heterocycles. The predicted molar refractivity (Wildman–Crippen MR) is 76.9 cm³/mol. The Bertz CT molecular complexity index is 413. The summed E-state index contributed by atoms with van der Waals surface area (Å²) in [5.41, 5.74) is 6.82. The first kappa shape index (κ1) is 14.9. The van der Waals surface area contributed by atoms with E-state index in [0.29, 0.717) is 17.0 Å². The van der Waals surface area contributed by atoms with Crippen LogP contribution in [0.25, 0.3) is 0 Å². The van der Waals surface area contributed by atoms with Crippen molar-refractivity contribution in [3.8, 4) is 0 Å². The fourth-order valence-electron chi connectivity index (χ4n) is 1.68. The van der Waals surface area contributed by atoms with Crippen molar-refractivity contribution in [3.05, 3.63) is 29.3 Å². The Morgan fingerprint density at radius 1 is 1.50 bits per heavy atom. The summed E-state index contributed by atoms with van der Waals surface area (Å²) in [6.45, 7) is 3.81. The van der Waals surface area contributed by atoms with Gasteiger partial charge in [0.05, 0.1) is 5.60 Å². The Kier molecular flexibility index (Phi) is 5.04. The molecule has 0 fully saturated rings. The molecule has 100 valence electrons. The largest absolute Gasteiger partial charge is 0.399 e. The second-order valence-corrected chi connectivity index (χ2v) is 5.61. The fourth-order valence-corrected chi connectivity index (χ4v) is 2.40. The number of anilines is 1. The molecule has 1 aromatic carbocycles. The molecule has 0 spiro atoms. The van der Waals surface area contributed by atoms with E-state index in [1.54, 1.807) is 25.1 Å². The summed E-state index contributed by atoms with van der Waals surface area (Å²) in [6.07, 6.45) is 1.91. The molecule has 4 N–H and O–H groups in total. The van der Waals surface area contributed by atoms with Gasteiger partial charge in [0.25, 0.3) is 5.91 Å². The minimum absolute atomic E-state index is 0.216. The molecule has 1 aromatic rings. The average Bonchev–Trinajstić information content (AvgIpc) is 2.24. The summed E-state index contributed by atoms with van der Waals surface area (Å²) >= 11 is 1.54. The summed E-state index contributed by atoms with van der Waals surface area (Å²) in [6, 6.07) is 5.21. The highest BCUT2D eigenvalue weighted by atomic mass is 32.2. The molecule has 0 aliphatic heterocycles. The molecule has 0 saturated carbocycles. The van der Waals surface area contributed by atoms with Crippen molar-refractivity contribution >= 4 is 23.4 Å². The monoisotopic (exact) mass is 268 g/mol. The predicted octanol–water partition coefficient (Wildman–Crippen LogP) is 1.42. The van der Waals surface area contributed by atoms with Gasteiger partial charge in [-0.05, 0) is 43.9 Å². The molecular weight excluding hydrogens is 248 g/mol. The van der Waals surface area contributed by atoms with Gasteiger partial charge in [-0.25, -0.2) is 0 Å². The molecule has 1 amide bonds. The van der Waals surface area contributed by atoms with Crippen molar-refractivity contribution in [1.82, 2.24) is 5.32 Å². The number of rotatable bonds is 5. The van der Waals surface area contributed by atoms with Crippen molar-refractivity contribution in [2.24, 2.45) is 0 Å². The van der Waals surface area contributed by atoms with Crippen molar-refractivity contribution in [2.45, 2.75) is 19.4 Å². The number of carbonyl (C=O) groups is 1. The number of thioether (sulfide) groups is 1. The van der Waals surface area contributed by atoms with E-state index < -0.39 is 5.60 Å². The SMILES string of the molecule is CSCC(C)(O)CNC(=O)c1cc(C)cc(N)c1. The number of nitrogen functional groups attached to an aromatic ring is 1. The Balaban J connectivity index is 2.66. The van der Waals surface area contributed by atoms with Crippen LogP contribution in [-0.2, 0) is 0 Å². The Hall–Kier alpha value is -1.20. The molecule has 0 aliphatic rings. The number of hydrogen-bond donors (Lipinski definition) is 3. The minimum atomic E-state index is -0.898. The molecule has 0 bridgehead atoms. The van der Waals surface area contributed by atoms with Crippen LogP contribution in [0.15, 0.2) is 18.2 Å². The number of amides is 1.